The molecule has 1 N–H and O–H groups in total. The Kier molecular flexibility index (Phi) is 6.17. The fourth-order valence-corrected chi connectivity index (χ4v) is 3.40. The molecule has 0 spiro atoms. The van der Waals surface area contributed by atoms with Gasteiger partial charge in [-0.15, -0.1) is 0 Å². The van der Waals surface area contributed by atoms with Crippen LogP contribution >= 0.6 is 11.6 Å². The Morgan fingerprint density at radius 3 is 2.54 bits per heavy atom. The first-order valence-electron chi connectivity index (χ1n) is 9.01. The number of nitrogens with one attached hydrogen (secondary N) is 1. The number of likely N-dealkylation sites (tertiary alicyclic amines) is 1. The normalized spacial score (nSPS) is 15.7. The van der Waals surface area contributed by atoms with E-state index in [0.29, 0.717) is 16.3 Å². The molecule has 1 amide bonds. The fraction of sp³-hybridized carbons (Fsp3) is 0.381. The molecule has 0 radical (unpaired) electrons. The summed E-state index contributed by atoms with van der Waals surface area (Å²) in [5, 5.41) is 3.41. The number of amides is 1. The molecule has 4 nitrogen and oxygen atoms in total. The molecule has 1 saturated heterocycles. The molecule has 0 bridgehead atoms. The van der Waals surface area contributed by atoms with Gasteiger partial charge in [0, 0.05) is 17.3 Å². The lowest BCUT2D eigenvalue weighted by Crippen LogP contribution is -2.32. The van der Waals surface area contributed by atoms with Gasteiger partial charge in [-0.05, 0) is 67.7 Å². The third kappa shape index (κ3) is 4.77. The Labute approximate surface area is 160 Å². The molecule has 2 aromatic rings. The van der Waals surface area contributed by atoms with E-state index in [1.54, 1.807) is 18.2 Å². The van der Waals surface area contributed by atoms with Crippen molar-refractivity contribution in [1.82, 2.24) is 4.90 Å². The maximum absolute atomic E-state index is 12.5. The number of piperidine rings is 1. The Morgan fingerprint density at radius 2 is 1.88 bits per heavy atom. The predicted molar refractivity (Wildman–Crippen MR) is 106 cm³/mol. The lowest BCUT2D eigenvalue weighted by Gasteiger charge is -2.30. The van der Waals surface area contributed by atoms with Crippen molar-refractivity contribution in [3.63, 3.8) is 0 Å². The molecule has 5 heteroatoms. The molecule has 1 fully saturated rings. The molecule has 138 valence electrons. The third-order valence-electron chi connectivity index (χ3n) is 4.90. The van der Waals surface area contributed by atoms with E-state index in [0.717, 1.165) is 31.2 Å². The number of benzene rings is 2. The molecule has 1 aliphatic rings. The van der Waals surface area contributed by atoms with Crippen LogP contribution in [0.4, 0.5) is 5.69 Å². The van der Waals surface area contributed by atoms with Gasteiger partial charge in [0.1, 0.15) is 5.75 Å². The smallest absolute Gasteiger partial charge is 0.259 e. The van der Waals surface area contributed by atoms with E-state index in [2.05, 4.69) is 29.3 Å². The average molecular weight is 373 g/mol. The molecule has 3 rings (SSSR count). The summed E-state index contributed by atoms with van der Waals surface area (Å²) in [6.07, 6.45) is 2.55. The van der Waals surface area contributed by atoms with Gasteiger partial charge in [0.05, 0.1) is 12.7 Å². The minimum Gasteiger partial charge on any atom is -0.496 e. The van der Waals surface area contributed by atoms with Crippen molar-refractivity contribution in [1.29, 1.82) is 0 Å². The first kappa shape index (κ1) is 18.7. The van der Waals surface area contributed by atoms with Gasteiger partial charge in [0.15, 0.2) is 0 Å². The fourth-order valence-electron chi connectivity index (χ4n) is 3.23. The van der Waals surface area contributed by atoms with E-state index >= 15 is 0 Å². The Bertz CT molecular complexity index is 753. The van der Waals surface area contributed by atoms with E-state index in [-0.39, 0.29) is 5.91 Å². The van der Waals surface area contributed by atoms with Crippen molar-refractivity contribution in [2.45, 2.75) is 26.3 Å². The minimum absolute atomic E-state index is 0.234. The summed E-state index contributed by atoms with van der Waals surface area (Å²) in [5.41, 5.74) is 2.44. The Morgan fingerprint density at radius 1 is 1.19 bits per heavy atom. The van der Waals surface area contributed by atoms with Gasteiger partial charge in [0.25, 0.3) is 5.91 Å². The van der Waals surface area contributed by atoms with Crippen LogP contribution in [0.5, 0.6) is 5.75 Å². The van der Waals surface area contributed by atoms with Crippen LogP contribution in [0.15, 0.2) is 42.5 Å². The lowest BCUT2D eigenvalue weighted by molar-refractivity contribution is 0.102. The molecule has 0 saturated carbocycles. The summed E-state index contributed by atoms with van der Waals surface area (Å²) in [6.45, 7) is 5.61. The summed E-state index contributed by atoms with van der Waals surface area (Å²) < 4.78 is 5.25. The average Bonchev–Trinajstić information content (AvgIpc) is 2.65. The number of hydrogen-bond acceptors (Lipinski definition) is 3. The summed E-state index contributed by atoms with van der Waals surface area (Å²) in [6, 6.07) is 13.0. The largest absolute Gasteiger partial charge is 0.496 e. The van der Waals surface area contributed by atoms with E-state index in [4.69, 9.17) is 16.3 Å². The van der Waals surface area contributed by atoms with Crippen molar-refractivity contribution >= 4 is 23.2 Å². The lowest BCUT2D eigenvalue weighted by atomic mass is 9.99. The third-order valence-corrected chi connectivity index (χ3v) is 5.14. The number of anilines is 1. The molecule has 0 unspecified atom stereocenters. The second-order valence-corrected chi connectivity index (χ2v) is 7.39. The second kappa shape index (κ2) is 8.56. The zero-order valence-corrected chi connectivity index (χ0v) is 16.1. The monoisotopic (exact) mass is 372 g/mol. The van der Waals surface area contributed by atoms with Crippen LogP contribution in [0.3, 0.4) is 0 Å². The maximum Gasteiger partial charge on any atom is 0.259 e. The highest BCUT2D eigenvalue weighted by molar-refractivity contribution is 6.31. The molecule has 2 aromatic carbocycles. The molecular weight excluding hydrogens is 348 g/mol. The molecule has 0 aliphatic carbocycles. The molecule has 26 heavy (non-hydrogen) atoms. The van der Waals surface area contributed by atoms with Crippen molar-refractivity contribution < 1.29 is 9.53 Å². The van der Waals surface area contributed by atoms with Crippen LogP contribution in [0.1, 0.15) is 35.7 Å². The molecule has 0 atom stereocenters. The highest BCUT2D eigenvalue weighted by atomic mass is 35.5. The van der Waals surface area contributed by atoms with Gasteiger partial charge >= 0.3 is 0 Å². The summed E-state index contributed by atoms with van der Waals surface area (Å²) in [5.74, 6) is 1.11. The van der Waals surface area contributed by atoms with Gasteiger partial charge in [-0.25, -0.2) is 0 Å². The summed E-state index contributed by atoms with van der Waals surface area (Å²) >= 11 is 6.00. The maximum atomic E-state index is 12.5. The standard InChI is InChI=1S/C21H25ClN2O2/c1-15-9-11-24(12-10-15)14-16-3-6-18(7-4-16)23-21(25)19-13-17(22)5-8-20(19)26-2/h3-8,13,15H,9-12,14H2,1-2H3,(H,23,25). The number of ether oxygens (including phenoxy) is 1. The van der Waals surface area contributed by atoms with E-state index in [1.165, 1.54) is 25.5 Å². The van der Waals surface area contributed by atoms with Crippen LogP contribution in [0.2, 0.25) is 5.02 Å². The molecular formula is C21H25ClN2O2. The number of nitrogens with zero attached hydrogens (tertiary/aromatic N) is 1. The van der Waals surface area contributed by atoms with E-state index in [9.17, 15) is 4.79 Å². The van der Waals surface area contributed by atoms with Crippen molar-refractivity contribution in [2.24, 2.45) is 5.92 Å². The van der Waals surface area contributed by atoms with Crippen LogP contribution < -0.4 is 10.1 Å². The Hall–Kier alpha value is -2.04. The quantitative estimate of drug-likeness (QED) is 0.817. The Balaban J connectivity index is 1.62. The van der Waals surface area contributed by atoms with Gasteiger partial charge in [-0.3, -0.25) is 9.69 Å². The SMILES string of the molecule is COc1ccc(Cl)cc1C(=O)Nc1ccc(CN2CCC(C)CC2)cc1. The van der Waals surface area contributed by atoms with Gasteiger partial charge < -0.3 is 10.1 Å². The summed E-state index contributed by atoms with van der Waals surface area (Å²) in [4.78, 5) is 15.0. The van der Waals surface area contributed by atoms with Crippen molar-refractivity contribution in [2.75, 3.05) is 25.5 Å². The number of hydrogen-bond donors (Lipinski definition) is 1. The number of halogens is 1. The van der Waals surface area contributed by atoms with Crippen molar-refractivity contribution in [3.8, 4) is 5.75 Å². The number of methoxy groups -OCH3 is 1. The van der Waals surface area contributed by atoms with E-state index < -0.39 is 0 Å². The van der Waals surface area contributed by atoms with Gasteiger partial charge in [-0.2, -0.15) is 0 Å². The van der Waals surface area contributed by atoms with Gasteiger partial charge in [0.2, 0.25) is 0 Å². The zero-order valence-electron chi connectivity index (χ0n) is 15.3. The first-order valence-corrected chi connectivity index (χ1v) is 9.39. The van der Waals surface area contributed by atoms with Crippen molar-refractivity contribution in [3.05, 3.63) is 58.6 Å². The minimum atomic E-state index is -0.234. The molecule has 1 heterocycles. The first-order chi connectivity index (χ1) is 12.5. The van der Waals surface area contributed by atoms with Crippen LogP contribution in [0, 0.1) is 5.92 Å². The number of carbonyl (C=O) groups is 1. The second-order valence-electron chi connectivity index (χ2n) is 6.95. The van der Waals surface area contributed by atoms with Crippen LogP contribution in [0.25, 0.3) is 0 Å². The van der Waals surface area contributed by atoms with Gasteiger partial charge in [-0.1, -0.05) is 30.7 Å². The predicted octanol–water partition coefficient (Wildman–Crippen LogP) is 4.83. The number of rotatable bonds is 5. The van der Waals surface area contributed by atoms with E-state index in [1.807, 2.05) is 12.1 Å². The summed E-state index contributed by atoms with van der Waals surface area (Å²) in [7, 11) is 1.54. The highest BCUT2D eigenvalue weighted by Crippen LogP contribution is 2.24. The van der Waals surface area contributed by atoms with Crippen LogP contribution in [-0.4, -0.2) is 31.0 Å². The highest BCUT2D eigenvalue weighted by Gasteiger charge is 2.16. The molecule has 1 aliphatic heterocycles. The van der Waals surface area contributed by atoms with Crippen LogP contribution in [-0.2, 0) is 6.54 Å². The zero-order chi connectivity index (χ0) is 18.5. The number of carbonyl (C=O) groups excluding carboxylic acids is 1. The molecule has 0 aromatic heterocycles. The topological polar surface area (TPSA) is 41.6 Å².